The van der Waals surface area contributed by atoms with E-state index < -0.39 is 0 Å². The van der Waals surface area contributed by atoms with Gasteiger partial charge in [-0.25, -0.2) is 0 Å². The van der Waals surface area contributed by atoms with E-state index in [1.165, 1.54) is 39.1 Å². The van der Waals surface area contributed by atoms with E-state index in [0.717, 1.165) is 0 Å². The van der Waals surface area contributed by atoms with Crippen molar-refractivity contribution in [1.29, 1.82) is 0 Å². The first-order chi connectivity index (χ1) is 32.8. The fourth-order valence-electron chi connectivity index (χ4n) is 5.93. The van der Waals surface area contributed by atoms with Crippen molar-refractivity contribution in [3.05, 3.63) is 211 Å². The van der Waals surface area contributed by atoms with Gasteiger partial charge in [0.1, 0.15) is 0 Å². The summed E-state index contributed by atoms with van der Waals surface area (Å²) in [6.07, 6.45) is 8.07. The Morgan fingerprint density at radius 2 is 0.486 bits per heavy atom. The first kappa shape index (κ1) is 66.7. The molecule has 0 unspecified atom stereocenters. The van der Waals surface area contributed by atoms with Crippen LogP contribution in [-0.2, 0) is 12.5 Å². The molecule has 0 amide bonds. The van der Waals surface area contributed by atoms with Crippen molar-refractivity contribution in [3.63, 3.8) is 0 Å². The van der Waals surface area contributed by atoms with Gasteiger partial charge in [-0.3, -0.25) is 0 Å². The molecule has 7 aromatic rings. The van der Waals surface area contributed by atoms with Crippen molar-refractivity contribution < 1.29 is 0 Å². The van der Waals surface area contributed by atoms with Gasteiger partial charge >= 0.3 is 0 Å². The van der Waals surface area contributed by atoms with Gasteiger partial charge in [0.25, 0.3) is 0 Å². The molecule has 2 aromatic heterocycles. The molecule has 0 aliphatic heterocycles. The normalized spacial score (nSPS) is 12.1. The fraction of sp³-hybridized carbons (Fsp3) is 0.457. The van der Waals surface area contributed by atoms with Gasteiger partial charge in [0.05, 0.1) is 5.41 Å². The number of nitrogens with zero attached hydrogens (tertiary/aromatic N) is 2. The van der Waals surface area contributed by atoms with Gasteiger partial charge in [0, 0.05) is 37.5 Å². The molecule has 2 heterocycles. The van der Waals surface area contributed by atoms with Crippen LogP contribution in [0.15, 0.2) is 189 Å². The smallest absolute Gasteiger partial charge is 0.0713 e. The molecule has 0 spiro atoms. The molecule has 0 atom stereocenters. The lowest BCUT2D eigenvalue weighted by Gasteiger charge is -2.33. The highest BCUT2D eigenvalue weighted by atomic mass is 14.9. The van der Waals surface area contributed by atoms with Crippen LogP contribution in [0.3, 0.4) is 0 Å². The zero-order chi connectivity index (χ0) is 55.6. The standard InChI is InChI=1S/C25H18.C10H9N.C5H7N.6C5H12/c1-3-11-19(12-4-1)25(20-13-5-2-6-14-20)23-17-9-7-15-21(23)22-16-8-10-18-24(22)25;1-2-6-10(7-3-1)11-8-4-5-9-11;1-6-4-2-3-5-6;6*1-5(2,3)4/h1-18H;1-9H;2-5H,1H3;6*1-4H3. The molecular formula is C70H106N2. The van der Waals surface area contributed by atoms with Gasteiger partial charge in [-0.1, -0.05) is 294 Å². The number of aromatic nitrogens is 2. The summed E-state index contributed by atoms with van der Waals surface area (Å²) in [7, 11) is 2.00. The molecule has 1 aliphatic carbocycles. The molecule has 0 fully saturated rings. The Kier molecular flexibility index (Phi) is 28.4. The zero-order valence-corrected chi connectivity index (χ0v) is 50.8. The van der Waals surface area contributed by atoms with E-state index in [1.54, 1.807) is 0 Å². The summed E-state index contributed by atoms with van der Waals surface area (Å²) in [4.78, 5) is 0. The van der Waals surface area contributed by atoms with E-state index in [-0.39, 0.29) is 5.41 Å². The van der Waals surface area contributed by atoms with Crippen LogP contribution in [0.1, 0.15) is 188 Å². The third-order valence-electron chi connectivity index (χ3n) is 7.78. The molecule has 0 radical (unpaired) electrons. The molecule has 8 rings (SSSR count). The number of rotatable bonds is 3. The second-order valence-electron chi connectivity index (χ2n) is 28.3. The van der Waals surface area contributed by atoms with E-state index in [9.17, 15) is 0 Å². The molecule has 5 aromatic carbocycles. The van der Waals surface area contributed by atoms with Gasteiger partial charge in [-0.15, -0.1) is 0 Å². The van der Waals surface area contributed by atoms with Crippen molar-refractivity contribution in [2.24, 2.45) is 39.5 Å². The van der Waals surface area contributed by atoms with Crippen molar-refractivity contribution in [1.82, 2.24) is 9.13 Å². The average Bonchev–Trinajstić information content (AvgIpc) is 4.00. The zero-order valence-electron chi connectivity index (χ0n) is 50.8. The lowest BCUT2D eigenvalue weighted by molar-refractivity contribution is 0.469. The molecular weight excluding hydrogens is 869 g/mol. The quantitative estimate of drug-likeness (QED) is 0.167. The maximum absolute atomic E-state index is 2.29. The number of hydrogen-bond donors (Lipinski definition) is 0. The van der Waals surface area contributed by atoms with Crippen LogP contribution in [-0.4, -0.2) is 9.13 Å². The van der Waals surface area contributed by atoms with E-state index in [2.05, 4.69) is 292 Å². The molecule has 0 bridgehead atoms. The van der Waals surface area contributed by atoms with E-state index in [1.807, 2.05) is 78.9 Å². The number of aryl methyl sites for hydroxylation is 1. The van der Waals surface area contributed by atoms with Gasteiger partial charge in [0.15, 0.2) is 0 Å². The van der Waals surface area contributed by atoms with Crippen molar-refractivity contribution in [3.8, 4) is 16.8 Å². The predicted octanol–water partition coefficient (Wildman–Crippen LogP) is 21.9. The highest BCUT2D eigenvalue weighted by molar-refractivity contribution is 5.86. The molecule has 0 saturated carbocycles. The Morgan fingerprint density at radius 1 is 0.264 bits per heavy atom. The van der Waals surface area contributed by atoms with Crippen molar-refractivity contribution >= 4 is 0 Å². The molecule has 0 saturated heterocycles. The predicted molar refractivity (Wildman–Crippen MR) is 326 cm³/mol. The molecule has 2 heteroatoms. The highest BCUT2D eigenvalue weighted by Crippen LogP contribution is 2.55. The first-order valence-corrected chi connectivity index (χ1v) is 26.3. The van der Waals surface area contributed by atoms with E-state index in [4.69, 9.17) is 0 Å². The van der Waals surface area contributed by atoms with Crippen molar-refractivity contribution in [2.45, 2.75) is 172 Å². The van der Waals surface area contributed by atoms with E-state index in [0.29, 0.717) is 32.5 Å². The first-order valence-electron chi connectivity index (χ1n) is 26.3. The molecule has 2 nitrogen and oxygen atoms in total. The molecule has 72 heavy (non-hydrogen) atoms. The Bertz CT molecular complexity index is 2160. The summed E-state index contributed by atoms with van der Waals surface area (Å²) in [5, 5.41) is 0. The van der Waals surface area contributed by atoms with Crippen LogP contribution in [0, 0.1) is 32.5 Å². The van der Waals surface area contributed by atoms with Crippen LogP contribution in [0.2, 0.25) is 0 Å². The monoisotopic (exact) mass is 975 g/mol. The SMILES string of the molecule is CC(C)(C)C.CC(C)(C)C.CC(C)(C)C.CC(C)(C)C.CC(C)(C)C.CC(C)(C)C.Cn1cccc1.c1ccc(-n2cccc2)cc1.c1ccc(C2(c3ccccc3)c3ccccc3-c3ccccc32)cc1. The third kappa shape index (κ3) is 34.9. The third-order valence-corrected chi connectivity index (χ3v) is 7.78. The summed E-state index contributed by atoms with van der Waals surface area (Å²) < 4.78 is 4.08. The largest absolute Gasteiger partial charge is 0.357 e. The Hall–Kier alpha value is -5.34. The minimum absolute atomic E-state index is 0.254. The Labute approximate surface area is 445 Å². The molecule has 396 valence electrons. The molecule has 0 N–H and O–H groups in total. The molecule has 1 aliphatic rings. The van der Waals surface area contributed by atoms with Crippen molar-refractivity contribution in [2.75, 3.05) is 0 Å². The van der Waals surface area contributed by atoms with E-state index >= 15 is 0 Å². The number of para-hydroxylation sites is 1. The lowest BCUT2D eigenvalue weighted by atomic mass is 9.68. The summed E-state index contributed by atoms with van der Waals surface area (Å²) in [5.41, 5.74) is 12.0. The Balaban J connectivity index is 0.000000897. The summed E-state index contributed by atoms with van der Waals surface area (Å²) in [6.45, 7) is 52.5. The number of fused-ring (bicyclic) bond motifs is 3. The minimum Gasteiger partial charge on any atom is -0.357 e. The maximum atomic E-state index is 2.29. The van der Waals surface area contributed by atoms with Crippen LogP contribution in [0.25, 0.3) is 16.8 Å². The summed E-state index contributed by atoms with van der Waals surface area (Å²) in [5.74, 6) is 0. The second kappa shape index (κ2) is 30.6. The van der Waals surface area contributed by atoms with Gasteiger partial charge in [-0.05, 0) is 102 Å². The lowest BCUT2D eigenvalue weighted by Crippen LogP contribution is -2.28. The fourth-order valence-corrected chi connectivity index (χ4v) is 5.93. The number of hydrogen-bond acceptors (Lipinski definition) is 0. The maximum Gasteiger partial charge on any atom is 0.0713 e. The van der Waals surface area contributed by atoms with Crippen LogP contribution >= 0.6 is 0 Å². The Morgan fingerprint density at radius 3 is 0.736 bits per heavy atom. The second-order valence-corrected chi connectivity index (χ2v) is 28.3. The summed E-state index contributed by atoms with van der Waals surface area (Å²) in [6, 6.07) is 57.8. The summed E-state index contributed by atoms with van der Waals surface area (Å²) >= 11 is 0. The highest BCUT2D eigenvalue weighted by Gasteiger charge is 2.45. The van der Waals surface area contributed by atoms with Gasteiger partial charge in [-0.2, -0.15) is 0 Å². The average molecular weight is 976 g/mol. The topological polar surface area (TPSA) is 9.86 Å². The van der Waals surface area contributed by atoms with Gasteiger partial charge < -0.3 is 9.13 Å². The number of benzene rings is 5. The van der Waals surface area contributed by atoms with Gasteiger partial charge in [0.2, 0.25) is 0 Å². The van der Waals surface area contributed by atoms with Crippen LogP contribution in [0.4, 0.5) is 0 Å². The van der Waals surface area contributed by atoms with Crippen LogP contribution < -0.4 is 0 Å². The van der Waals surface area contributed by atoms with Crippen LogP contribution in [0.5, 0.6) is 0 Å². The minimum atomic E-state index is -0.254.